The number of nitrogens with one attached hydrogen (secondary N) is 1. The van der Waals surface area contributed by atoms with Gasteiger partial charge in [-0.05, 0) is 28.1 Å². The SMILES string of the molecule is O=C(O)C(=O)Nc1c(Br)cc(Br)cc1C(=O)O. The number of anilines is 1. The molecular formula is C9H5Br2NO5. The molecule has 0 aliphatic rings. The van der Waals surface area contributed by atoms with Gasteiger partial charge in [0.1, 0.15) is 0 Å². The van der Waals surface area contributed by atoms with Gasteiger partial charge in [-0.2, -0.15) is 0 Å². The van der Waals surface area contributed by atoms with E-state index in [1.165, 1.54) is 12.1 Å². The summed E-state index contributed by atoms with van der Waals surface area (Å²) in [5, 5.41) is 19.4. The number of aliphatic carboxylic acids is 1. The van der Waals surface area contributed by atoms with Crippen LogP contribution in [0.2, 0.25) is 0 Å². The van der Waals surface area contributed by atoms with Crippen molar-refractivity contribution in [2.75, 3.05) is 5.32 Å². The Morgan fingerprint density at radius 3 is 2.18 bits per heavy atom. The minimum absolute atomic E-state index is 0.104. The molecule has 0 saturated heterocycles. The third-order valence-corrected chi connectivity index (χ3v) is 2.80. The second-order valence-electron chi connectivity index (χ2n) is 2.87. The summed E-state index contributed by atoms with van der Waals surface area (Å²) >= 11 is 6.13. The Morgan fingerprint density at radius 2 is 1.71 bits per heavy atom. The molecule has 0 aliphatic heterocycles. The van der Waals surface area contributed by atoms with E-state index < -0.39 is 17.8 Å². The highest BCUT2D eigenvalue weighted by Crippen LogP contribution is 2.30. The number of hydrogen-bond donors (Lipinski definition) is 3. The number of carboxylic acid groups (broad SMARTS) is 2. The molecule has 1 aromatic carbocycles. The number of carbonyl (C=O) groups is 3. The molecule has 0 spiro atoms. The van der Waals surface area contributed by atoms with Gasteiger partial charge in [0.15, 0.2) is 0 Å². The predicted molar refractivity (Wildman–Crippen MR) is 65.1 cm³/mol. The molecule has 0 fully saturated rings. The summed E-state index contributed by atoms with van der Waals surface area (Å²) in [6, 6.07) is 2.74. The molecule has 17 heavy (non-hydrogen) atoms. The maximum absolute atomic E-state index is 11.0. The van der Waals surface area contributed by atoms with Crippen LogP contribution in [0.5, 0.6) is 0 Å². The number of hydrogen-bond acceptors (Lipinski definition) is 3. The average Bonchev–Trinajstić information content (AvgIpc) is 2.20. The van der Waals surface area contributed by atoms with Crippen LogP contribution >= 0.6 is 31.9 Å². The molecule has 0 radical (unpaired) electrons. The molecular weight excluding hydrogens is 362 g/mol. The first-order chi connectivity index (χ1) is 7.82. The molecule has 0 unspecified atom stereocenters. The van der Waals surface area contributed by atoms with E-state index in [1.54, 1.807) is 0 Å². The molecule has 0 saturated carbocycles. The van der Waals surface area contributed by atoms with Gasteiger partial charge in [-0.1, -0.05) is 15.9 Å². The second kappa shape index (κ2) is 5.28. The largest absolute Gasteiger partial charge is 0.478 e. The standard InChI is InChI=1S/C9H5Br2NO5/c10-3-1-4(8(14)15)6(5(11)2-3)12-7(13)9(16)17/h1-2H,(H,12,13)(H,14,15)(H,16,17). The lowest BCUT2D eigenvalue weighted by atomic mass is 10.2. The highest BCUT2D eigenvalue weighted by molar-refractivity contribution is 9.11. The fourth-order valence-electron chi connectivity index (χ4n) is 1.04. The summed E-state index contributed by atoms with van der Waals surface area (Å²) in [5.74, 6) is -4.29. The maximum Gasteiger partial charge on any atom is 0.394 e. The van der Waals surface area contributed by atoms with Crippen LogP contribution in [0.4, 0.5) is 5.69 Å². The monoisotopic (exact) mass is 365 g/mol. The lowest BCUT2D eigenvalue weighted by molar-refractivity contribution is -0.147. The van der Waals surface area contributed by atoms with Crippen LogP contribution in [0, 0.1) is 0 Å². The van der Waals surface area contributed by atoms with Gasteiger partial charge < -0.3 is 15.5 Å². The second-order valence-corrected chi connectivity index (χ2v) is 4.64. The lowest BCUT2D eigenvalue weighted by Gasteiger charge is -2.09. The van der Waals surface area contributed by atoms with Gasteiger partial charge in [0, 0.05) is 8.95 Å². The van der Waals surface area contributed by atoms with Crippen molar-refractivity contribution in [1.82, 2.24) is 0 Å². The molecule has 0 aliphatic carbocycles. The van der Waals surface area contributed by atoms with Crippen molar-refractivity contribution in [3.63, 3.8) is 0 Å². The zero-order chi connectivity index (χ0) is 13.2. The van der Waals surface area contributed by atoms with Crippen molar-refractivity contribution < 1.29 is 24.6 Å². The summed E-state index contributed by atoms with van der Waals surface area (Å²) in [7, 11) is 0. The van der Waals surface area contributed by atoms with E-state index in [1.807, 2.05) is 5.32 Å². The van der Waals surface area contributed by atoms with Crippen LogP contribution in [0.15, 0.2) is 21.1 Å². The molecule has 8 heteroatoms. The quantitative estimate of drug-likeness (QED) is 0.694. The first-order valence-corrected chi connectivity index (χ1v) is 5.68. The van der Waals surface area contributed by atoms with Gasteiger partial charge in [-0.25, -0.2) is 9.59 Å². The number of aromatic carboxylic acids is 1. The molecule has 1 rings (SSSR count). The zero-order valence-electron chi connectivity index (χ0n) is 8.03. The third kappa shape index (κ3) is 3.27. The Kier molecular flexibility index (Phi) is 4.24. The minimum Gasteiger partial charge on any atom is -0.478 e. The van der Waals surface area contributed by atoms with Crippen LogP contribution in [0.25, 0.3) is 0 Å². The van der Waals surface area contributed by atoms with Gasteiger partial charge >= 0.3 is 17.8 Å². The van der Waals surface area contributed by atoms with E-state index in [0.29, 0.717) is 4.47 Å². The number of amides is 1. The van der Waals surface area contributed by atoms with Crippen molar-refractivity contribution in [1.29, 1.82) is 0 Å². The molecule has 0 bridgehead atoms. The summed E-state index contributed by atoms with van der Waals surface area (Å²) < 4.78 is 0.744. The average molecular weight is 367 g/mol. The number of carboxylic acids is 2. The Balaban J connectivity index is 3.26. The van der Waals surface area contributed by atoms with Gasteiger partial charge in [-0.15, -0.1) is 0 Å². The smallest absolute Gasteiger partial charge is 0.394 e. The Labute approximate surface area is 112 Å². The fourth-order valence-corrected chi connectivity index (χ4v) is 2.36. The van der Waals surface area contributed by atoms with Crippen LogP contribution < -0.4 is 5.32 Å². The van der Waals surface area contributed by atoms with Gasteiger partial charge in [0.05, 0.1) is 11.3 Å². The molecule has 6 nitrogen and oxygen atoms in total. The maximum atomic E-state index is 11.0. The summed E-state index contributed by atoms with van der Waals surface area (Å²) in [6.07, 6.45) is 0. The molecule has 1 amide bonds. The van der Waals surface area contributed by atoms with Crippen molar-refractivity contribution in [2.45, 2.75) is 0 Å². The zero-order valence-corrected chi connectivity index (χ0v) is 11.2. The predicted octanol–water partition coefficient (Wildman–Crippen LogP) is 1.93. The van der Waals surface area contributed by atoms with E-state index in [9.17, 15) is 14.4 Å². The molecule has 90 valence electrons. The Hall–Kier alpha value is -1.41. The van der Waals surface area contributed by atoms with E-state index in [4.69, 9.17) is 10.2 Å². The topological polar surface area (TPSA) is 104 Å². The van der Waals surface area contributed by atoms with Crippen molar-refractivity contribution in [2.24, 2.45) is 0 Å². The van der Waals surface area contributed by atoms with E-state index in [0.717, 1.165) is 0 Å². The van der Waals surface area contributed by atoms with Crippen molar-refractivity contribution >= 4 is 55.4 Å². The van der Waals surface area contributed by atoms with E-state index >= 15 is 0 Å². The lowest BCUT2D eigenvalue weighted by Crippen LogP contribution is -2.23. The number of rotatable bonds is 2. The molecule has 0 aromatic heterocycles. The Bertz CT molecular complexity index is 514. The first-order valence-electron chi connectivity index (χ1n) is 4.09. The van der Waals surface area contributed by atoms with Gasteiger partial charge in [0.2, 0.25) is 0 Å². The first kappa shape index (κ1) is 13.7. The summed E-state index contributed by atoms with van der Waals surface area (Å²) in [4.78, 5) is 32.3. The van der Waals surface area contributed by atoms with Crippen molar-refractivity contribution in [3.05, 3.63) is 26.6 Å². The molecule has 0 heterocycles. The number of halogens is 2. The molecule has 3 N–H and O–H groups in total. The fraction of sp³-hybridized carbons (Fsp3) is 0. The highest BCUT2D eigenvalue weighted by Gasteiger charge is 2.19. The molecule has 1 aromatic rings. The van der Waals surface area contributed by atoms with Crippen molar-refractivity contribution in [3.8, 4) is 0 Å². The summed E-state index contributed by atoms with van der Waals surface area (Å²) in [6.45, 7) is 0. The molecule has 0 atom stereocenters. The van der Waals surface area contributed by atoms with Crippen LogP contribution in [-0.4, -0.2) is 28.1 Å². The highest BCUT2D eigenvalue weighted by atomic mass is 79.9. The van der Waals surface area contributed by atoms with Gasteiger partial charge in [-0.3, -0.25) is 4.79 Å². The number of benzene rings is 1. The summed E-state index contributed by atoms with van der Waals surface area (Å²) in [5.41, 5.74) is -0.325. The van der Waals surface area contributed by atoms with Crippen LogP contribution in [-0.2, 0) is 9.59 Å². The van der Waals surface area contributed by atoms with Gasteiger partial charge in [0.25, 0.3) is 0 Å². The normalized spacial score (nSPS) is 9.76. The van der Waals surface area contributed by atoms with E-state index in [2.05, 4.69) is 31.9 Å². The van der Waals surface area contributed by atoms with E-state index in [-0.39, 0.29) is 15.7 Å². The minimum atomic E-state index is -1.70. The van der Waals surface area contributed by atoms with Crippen LogP contribution in [0.1, 0.15) is 10.4 Å². The van der Waals surface area contributed by atoms with Crippen LogP contribution in [0.3, 0.4) is 0 Å². The Morgan fingerprint density at radius 1 is 1.12 bits per heavy atom. The third-order valence-electron chi connectivity index (χ3n) is 1.72. The number of carbonyl (C=O) groups excluding carboxylic acids is 1.